The quantitative estimate of drug-likeness (QED) is 0.481. The highest BCUT2D eigenvalue weighted by atomic mass is 16.5. The number of carbonyl (C=O) groups is 2. The molecule has 1 aliphatic rings. The van der Waals surface area contributed by atoms with Gasteiger partial charge in [0, 0.05) is 19.7 Å². The normalized spacial score (nSPS) is 18.0. The van der Waals surface area contributed by atoms with Crippen LogP contribution >= 0.6 is 0 Å². The molecule has 0 saturated carbocycles. The van der Waals surface area contributed by atoms with Gasteiger partial charge in [0.05, 0.1) is 13.0 Å². The molecule has 1 amide bonds. The molecule has 0 aromatic rings. The van der Waals surface area contributed by atoms with Crippen LogP contribution in [0.2, 0.25) is 0 Å². The van der Waals surface area contributed by atoms with E-state index >= 15 is 0 Å². The van der Waals surface area contributed by atoms with Crippen LogP contribution in [0, 0.1) is 0 Å². The molecule has 20 heavy (non-hydrogen) atoms. The molecule has 1 aliphatic heterocycles. The monoisotopic (exact) mass is 285 g/mol. The van der Waals surface area contributed by atoms with E-state index in [9.17, 15) is 9.59 Å². The van der Waals surface area contributed by atoms with Crippen molar-refractivity contribution in [3.63, 3.8) is 0 Å². The Hall–Kier alpha value is -1.10. The van der Waals surface area contributed by atoms with Gasteiger partial charge in [0.25, 0.3) is 5.91 Å². The van der Waals surface area contributed by atoms with Crippen LogP contribution in [0.4, 0.5) is 0 Å². The van der Waals surface area contributed by atoms with Gasteiger partial charge in [-0.3, -0.25) is 9.59 Å². The van der Waals surface area contributed by atoms with E-state index in [-0.39, 0.29) is 24.4 Å². The number of hydrogen-bond donors (Lipinski definition) is 0. The van der Waals surface area contributed by atoms with Gasteiger partial charge in [-0.25, -0.2) is 0 Å². The van der Waals surface area contributed by atoms with Gasteiger partial charge in [-0.15, -0.1) is 0 Å². The van der Waals surface area contributed by atoms with Crippen LogP contribution in [0.15, 0.2) is 0 Å². The third kappa shape index (κ3) is 5.90. The van der Waals surface area contributed by atoms with E-state index in [1.165, 1.54) is 0 Å². The Balaban J connectivity index is 2.45. The van der Waals surface area contributed by atoms with Crippen molar-refractivity contribution >= 4 is 11.9 Å². The van der Waals surface area contributed by atoms with Crippen molar-refractivity contribution in [3.05, 3.63) is 0 Å². The lowest BCUT2D eigenvalue weighted by molar-refractivity contribution is -0.145. The first kappa shape index (κ1) is 17.0. The minimum atomic E-state index is -0.307. The zero-order chi connectivity index (χ0) is 14.8. The third-order valence-electron chi connectivity index (χ3n) is 3.44. The lowest BCUT2D eigenvalue weighted by Gasteiger charge is -2.25. The number of hydrogen-bond acceptors (Lipinski definition) is 4. The van der Waals surface area contributed by atoms with Gasteiger partial charge in [0.2, 0.25) is 0 Å². The van der Waals surface area contributed by atoms with E-state index in [0.29, 0.717) is 26.3 Å². The molecule has 1 fully saturated rings. The second-order valence-corrected chi connectivity index (χ2v) is 5.09. The predicted molar refractivity (Wildman–Crippen MR) is 76.3 cm³/mol. The molecule has 0 aliphatic carbocycles. The fourth-order valence-electron chi connectivity index (χ4n) is 2.32. The molecule has 1 atom stereocenters. The van der Waals surface area contributed by atoms with Crippen LogP contribution in [-0.2, 0) is 19.1 Å². The van der Waals surface area contributed by atoms with Crippen molar-refractivity contribution in [2.45, 2.75) is 58.5 Å². The summed E-state index contributed by atoms with van der Waals surface area (Å²) < 4.78 is 10.4. The van der Waals surface area contributed by atoms with E-state index < -0.39 is 0 Å². The first-order chi connectivity index (χ1) is 9.69. The van der Waals surface area contributed by atoms with Crippen molar-refractivity contribution in [1.82, 2.24) is 4.90 Å². The standard InChI is InChI=1S/C15H27NO4/c1-3-5-6-10-16(11-9-14(17)19-4-2)15(18)13-8-7-12-20-13/h13H,3-12H2,1-2H3. The Labute approximate surface area is 121 Å². The molecule has 1 heterocycles. The molecule has 0 N–H and O–H groups in total. The maximum Gasteiger partial charge on any atom is 0.307 e. The lowest BCUT2D eigenvalue weighted by Crippen LogP contribution is -2.40. The van der Waals surface area contributed by atoms with Crippen LogP contribution in [0.1, 0.15) is 52.4 Å². The van der Waals surface area contributed by atoms with Gasteiger partial charge in [-0.1, -0.05) is 19.8 Å². The summed E-state index contributed by atoms with van der Waals surface area (Å²) in [5.74, 6) is -0.212. The fraction of sp³-hybridized carbons (Fsp3) is 0.867. The SMILES string of the molecule is CCCCCN(CCC(=O)OCC)C(=O)C1CCCO1. The maximum absolute atomic E-state index is 12.4. The predicted octanol–water partition coefficient (Wildman–Crippen LogP) is 2.14. The first-order valence-corrected chi connectivity index (χ1v) is 7.75. The van der Waals surface area contributed by atoms with Gasteiger partial charge < -0.3 is 14.4 Å². The molecule has 0 aromatic heterocycles. The summed E-state index contributed by atoms with van der Waals surface area (Å²) >= 11 is 0. The van der Waals surface area contributed by atoms with Crippen molar-refractivity contribution in [3.8, 4) is 0 Å². The second kappa shape index (κ2) is 9.75. The van der Waals surface area contributed by atoms with Gasteiger partial charge in [0.15, 0.2) is 0 Å². The number of carbonyl (C=O) groups excluding carboxylic acids is 2. The van der Waals surface area contributed by atoms with E-state index in [1.807, 2.05) is 0 Å². The molecule has 0 radical (unpaired) electrons. The average molecular weight is 285 g/mol. The van der Waals surface area contributed by atoms with Crippen molar-refractivity contribution < 1.29 is 19.1 Å². The van der Waals surface area contributed by atoms with Gasteiger partial charge in [-0.2, -0.15) is 0 Å². The first-order valence-electron chi connectivity index (χ1n) is 7.75. The van der Waals surface area contributed by atoms with Gasteiger partial charge in [-0.05, 0) is 26.2 Å². The number of nitrogens with zero attached hydrogens (tertiary/aromatic N) is 1. The zero-order valence-electron chi connectivity index (χ0n) is 12.7. The minimum absolute atomic E-state index is 0.0305. The summed E-state index contributed by atoms with van der Waals surface area (Å²) in [5, 5.41) is 0. The lowest BCUT2D eigenvalue weighted by atomic mass is 10.2. The molecular formula is C15H27NO4. The highest BCUT2D eigenvalue weighted by Gasteiger charge is 2.28. The Morgan fingerprint density at radius 1 is 1.25 bits per heavy atom. The van der Waals surface area contributed by atoms with E-state index in [4.69, 9.17) is 9.47 Å². The summed E-state index contributed by atoms with van der Waals surface area (Å²) in [6, 6.07) is 0. The fourth-order valence-corrected chi connectivity index (χ4v) is 2.32. The van der Waals surface area contributed by atoms with Gasteiger partial charge >= 0.3 is 5.97 Å². The summed E-state index contributed by atoms with van der Waals surface area (Å²) in [4.78, 5) is 25.6. The second-order valence-electron chi connectivity index (χ2n) is 5.09. The maximum atomic E-state index is 12.4. The Morgan fingerprint density at radius 2 is 2.05 bits per heavy atom. The minimum Gasteiger partial charge on any atom is -0.466 e. The van der Waals surface area contributed by atoms with E-state index in [2.05, 4.69) is 6.92 Å². The molecule has 0 spiro atoms. The third-order valence-corrected chi connectivity index (χ3v) is 3.44. The number of ether oxygens (including phenoxy) is 2. The average Bonchev–Trinajstić information content (AvgIpc) is 2.96. The Morgan fingerprint density at radius 3 is 2.65 bits per heavy atom. The highest BCUT2D eigenvalue weighted by molar-refractivity contribution is 5.81. The van der Waals surface area contributed by atoms with Crippen LogP contribution in [-0.4, -0.2) is 49.2 Å². The summed E-state index contributed by atoms with van der Waals surface area (Å²) in [6.07, 6.45) is 4.86. The molecule has 5 nitrogen and oxygen atoms in total. The molecule has 5 heteroatoms. The van der Waals surface area contributed by atoms with Gasteiger partial charge in [0.1, 0.15) is 6.10 Å². The molecule has 116 valence electrons. The summed E-state index contributed by atoms with van der Waals surface area (Å²) in [7, 11) is 0. The number of unbranched alkanes of at least 4 members (excludes halogenated alkanes) is 2. The van der Waals surface area contributed by atoms with Crippen LogP contribution in [0.5, 0.6) is 0 Å². The van der Waals surface area contributed by atoms with E-state index in [0.717, 1.165) is 32.1 Å². The Kier molecular flexibility index (Phi) is 8.26. The molecule has 1 unspecified atom stereocenters. The topological polar surface area (TPSA) is 55.8 Å². The number of rotatable bonds is 9. The zero-order valence-corrected chi connectivity index (χ0v) is 12.7. The van der Waals surface area contributed by atoms with Crippen molar-refractivity contribution in [2.75, 3.05) is 26.3 Å². The molecular weight excluding hydrogens is 258 g/mol. The van der Waals surface area contributed by atoms with Crippen LogP contribution in [0.25, 0.3) is 0 Å². The summed E-state index contributed by atoms with van der Waals surface area (Å²) in [6.45, 7) is 6.10. The van der Waals surface area contributed by atoms with Crippen molar-refractivity contribution in [1.29, 1.82) is 0 Å². The molecule has 1 rings (SSSR count). The van der Waals surface area contributed by atoms with Crippen LogP contribution < -0.4 is 0 Å². The number of amides is 1. The van der Waals surface area contributed by atoms with Crippen LogP contribution in [0.3, 0.4) is 0 Å². The smallest absolute Gasteiger partial charge is 0.307 e. The highest BCUT2D eigenvalue weighted by Crippen LogP contribution is 2.15. The number of esters is 1. The molecule has 1 saturated heterocycles. The summed E-state index contributed by atoms with van der Waals surface area (Å²) in [5.41, 5.74) is 0. The molecule has 0 bridgehead atoms. The molecule has 0 aromatic carbocycles. The largest absolute Gasteiger partial charge is 0.466 e. The van der Waals surface area contributed by atoms with Crippen molar-refractivity contribution in [2.24, 2.45) is 0 Å². The Bertz CT molecular complexity index is 300. The van der Waals surface area contributed by atoms with E-state index in [1.54, 1.807) is 11.8 Å².